The predicted molar refractivity (Wildman–Crippen MR) is 115 cm³/mol. The molecule has 0 saturated carbocycles. The van der Waals surface area contributed by atoms with Crippen molar-refractivity contribution in [3.05, 3.63) is 82.9 Å². The average Bonchev–Trinajstić information content (AvgIpc) is 2.76. The van der Waals surface area contributed by atoms with Crippen molar-refractivity contribution in [3.63, 3.8) is 0 Å². The van der Waals surface area contributed by atoms with Crippen LogP contribution >= 0.6 is 0 Å². The average molecular weight is 410 g/mol. The number of carbonyl (C=O) groups is 2. The first-order chi connectivity index (χ1) is 14.5. The highest BCUT2D eigenvalue weighted by atomic mass is 16.4. The fourth-order valence-electron chi connectivity index (χ4n) is 4.01. The van der Waals surface area contributed by atoms with Gasteiger partial charge in [0.15, 0.2) is 0 Å². The van der Waals surface area contributed by atoms with E-state index in [2.05, 4.69) is 60.8 Å². The number of nitrogens with two attached hydrogens (primary N) is 1. The second-order valence-corrected chi connectivity index (χ2v) is 7.47. The summed E-state index contributed by atoms with van der Waals surface area (Å²) in [6.07, 6.45) is 7.30. The zero-order valence-corrected chi connectivity index (χ0v) is 17.5. The van der Waals surface area contributed by atoms with Crippen molar-refractivity contribution in [1.29, 1.82) is 0 Å². The second-order valence-electron chi connectivity index (χ2n) is 7.47. The van der Waals surface area contributed by atoms with Crippen LogP contribution in [0.15, 0.2) is 60.7 Å². The first kappa shape index (κ1) is 23.4. The fourth-order valence-corrected chi connectivity index (χ4v) is 4.01. The lowest BCUT2D eigenvalue weighted by molar-refractivity contribution is -0.656. The van der Waals surface area contributed by atoms with E-state index in [1.54, 1.807) is 16.7 Å². The molecule has 0 bridgehead atoms. The third-order valence-electron chi connectivity index (χ3n) is 5.37. The van der Waals surface area contributed by atoms with Gasteiger partial charge in [0.25, 0.3) is 0 Å². The number of carbonyl (C=O) groups excluding carboxylic acids is 1. The summed E-state index contributed by atoms with van der Waals surface area (Å²) >= 11 is 0. The highest BCUT2D eigenvalue weighted by Crippen LogP contribution is 2.33. The van der Waals surface area contributed by atoms with E-state index in [1.165, 1.54) is 50.8 Å². The minimum Gasteiger partial charge on any atom is -0.545 e. The molecule has 5 nitrogen and oxygen atoms in total. The number of rotatable bonds is 8. The normalized spacial score (nSPS) is 15.2. The number of carboxylic acids is 2. The van der Waals surface area contributed by atoms with Gasteiger partial charge < -0.3 is 20.3 Å². The summed E-state index contributed by atoms with van der Waals surface area (Å²) in [5, 5.41) is 19.8. The van der Waals surface area contributed by atoms with Crippen LogP contribution in [-0.4, -0.2) is 30.1 Å². The van der Waals surface area contributed by atoms with Crippen molar-refractivity contribution in [2.45, 2.75) is 44.9 Å². The van der Waals surface area contributed by atoms with Crippen LogP contribution in [0.25, 0.3) is 0 Å². The van der Waals surface area contributed by atoms with E-state index in [-0.39, 0.29) is 0 Å². The number of hydrogen-bond acceptors (Lipinski definition) is 3. The van der Waals surface area contributed by atoms with Gasteiger partial charge in [0, 0.05) is 18.4 Å². The molecular weight excluding hydrogens is 378 g/mol. The van der Waals surface area contributed by atoms with E-state index < -0.39 is 11.9 Å². The monoisotopic (exact) mass is 409 g/mol. The van der Waals surface area contributed by atoms with Gasteiger partial charge in [-0.2, -0.15) is 0 Å². The van der Waals surface area contributed by atoms with Gasteiger partial charge >= 0.3 is 5.97 Å². The SMILES string of the molecule is CCc1cccc2c1C(C[NH2+]CCc1ccccc1)CCC2.O=C([O-])/C=C\C(=O)O. The van der Waals surface area contributed by atoms with Crippen molar-refractivity contribution in [2.75, 3.05) is 13.1 Å². The smallest absolute Gasteiger partial charge is 0.328 e. The Bertz CT molecular complexity index is 815. The lowest BCUT2D eigenvalue weighted by Crippen LogP contribution is -2.85. The Morgan fingerprint density at radius 1 is 1.13 bits per heavy atom. The molecule has 160 valence electrons. The summed E-state index contributed by atoms with van der Waals surface area (Å²) in [7, 11) is 0. The Kier molecular flexibility index (Phi) is 9.81. The molecule has 0 aromatic heterocycles. The summed E-state index contributed by atoms with van der Waals surface area (Å²) in [4.78, 5) is 19.0. The van der Waals surface area contributed by atoms with Crippen LogP contribution in [0.3, 0.4) is 0 Å². The van der Waals surface area contributed by atoms with Crippen molar-refractivity contribution in [3.8, 4) is 0 Å². The Morgan fingerprint density at radius 3 is 2.53 bits per heavy atom. The number of hydrogen-bond donors (Lipinski definition) is 2. The lowest BCUT2D eigenvalue weighted by atomic mass is 9.79. The molecule has 0 heterocycles. The third-order valence-corrected chi connectivity index (χ3v) is 5.37. The van der Waals surface area contributed by atoms with Gasteiger partial charge in [-0.1, -0.05) is 55.5 Å². The van der Waals surface area contributed by atoms with E-state index in [9.17, 15) is 14.7 Å². The van der Waals surface area contributed by atoms with Gasteiger partial charge in [0.05, 0.1) is 19.1 Å². The van der Waals surface area contributed by atoms with Crippen LogP contribution in [0.1, 0.15) is 47.9 Å². The maximum Gasteiger partial charge on any atom is 0.328 e. The minimum absolute atomic E-state index is 0.447. The summed E-state index contributed by atoms with van der Waals surface area (Å²) < 4.78 is 0. The van der Waals surface area contributed by atoms with Crippen molar-refractivity contribution in [2.24, 2.45) is 0 Å². The Balaban J connectivity index is 0.000000343. The van der Waals surface area contributed by atoms with Gasteiger partial charge in [-0.15, -0.1) is 0 Å². The number of carboxylic acid groups (broad SMARTS) is 2. The van der Waals surface area contributed by atoms with Crippen LogP contribution in [0.5, 0.6) is 0 Å². The van der Waals surface area contributed by atoms with Crippen LogP contribution in [0, 0.1) is 0 Å². The molecule has 2 aromatic carbocycles. The number of aliphatic carboxylic acids is 2. The molecule has 0 amide bonds. The summed E-state index contributed by atoms with van der Waals surface area (Å²) in [5.74, 6) is -2.04. The summed E-state index contributed by atoms with van der Waals surface area (Å²) in [6.45, 7) is 4.74. The van der Waals surface area contributed by atoms with Gasteiger partial charge in [0.1, 0.15) is 0 Å². The van der Waals surface area contributed by atoms with E-state index in [4.69, 9.17) is 5.11 Å². The van der Waals surface area contributed by atoms with Crippen molar-refractivity contribution in [1.82, 2.24) is 0 Å². The van der Waals surface area contributed by atoms with Gasteiger partial charge in [-0.05, 0) is 54.0 Å². The van der Waals surface area contributed by atoms with Crippen molar-refractivity contribution < 1.29 is 25.1 Å². The molecule has 5 heteroatoms. The zero-order valence-electron chi connectivity index (χ0n) is 17.5. The molecule has 3 N–H and O–H groups in total. The van der Waals surface area contributed by atoms with Gasteiger partial charge in [-0.3, -0.25) is 0 Å². The van der Waals surface area contributed by atoms with E-state index >= 15 is 0 Å². The maximum atomic E-state index is 9.53. The second kappa shape index (κ2) is 12.6. The van der Waals surface area contributed by atoms with Crippen LogP contribution in [0.4, 0.5) is 0 Å². The quantitative estimate of drug-likeness (QED) is 0.514. The fraction of sp³-hybridized carbons (Fsp3) is 0.360. The summed E-state index contributed by atoms with van der Waals surface area (Å²) in [5.41, 5.74) is 6.34. The lowest BCUT2D eigenvalue weighted by Gasteiger charge is -2.27. The third kappa shape index (κ3) is 7.84. The standard InChI is InChI=1S/C21H27N.C4H4O4/c1-2-18-10-6-11-19-12-7-13-20(21(18)19)16-22-15-14-17-8-4-3-5-9-17;5-3(6)1-2-4(7)8/h3-6,8-11,20,22H,2,7,12-16H2,1H3;1-2H,(H,5,6)(H,7,8)/b;2-1-. The molecule has 1 atom stereocenters. The molecule has 1 unspecified atom stereocenters. The minimum atomic E-state index is -1.51. The maximum absolute atomic E-state index is 9.53. The Morgan fingerprint density at radius 2 is 1.90 bits per heavy atom. The molecule has 1 aliphatic carbocycles. The van der Waals surface area contributed by atoms with E-state index in [1.807, 2.05) is 0 Å². The molecule has 0 radical (unpaired) electrons. The Hall–Kier alpha value is -2.92. The van der Waals surface area contributed by atoms with Gasteiger partial charge in [-0.25, -0.2) is 4.79 Å². The number of benzene rings is 2. The van der Waals surface area contributed by atoms with Crippen LogP contribution < -0.4 is 10.4 Å². The zero-order chi connectivity index (χ0) is 21.8. The molecule has 0 saturated heterocycles. The molecule has 1 aliphatic rings. The molecule has 3 rings (SSSR count). The first-order valence-electron chi connectivity index (χ1n) is 10.6. The number of fused-ring (bicyclic) bond motifs is 1. The molecule has 2 aromatic rings. The molecule has 30 heavy (non-hydrogen) atoms. The van der Waals surface area contributed by atoms with Crippen molar-refractivity contribution >= 4 is 11.9 Å². The number of quaternary nitrogens is 1. The largest absolute Gasteiger partial charge is 0.545 e. The highest BCUT2D eigenvalue weighted by Gasteiger charge is 2.23. The molecule has 0 aliphatic heterocycles. The van der Waals surface area contributed by atoms with E-state index in [0.29, 0.717) is 12.2 Å². The van der Waals surface area contributed by atoms with E-state index in [0.717, 1.165) is 5.92 Å². The Labute approximate surface area is 178 Å². The molecule has 0 fully saturated rings. The van der Waals surface area contributed by atoms with Crippen LogP contribution in [-0.2, 0) is 28.9 Å². The molecular formula is C25H31NO4. The topological polar surface area (TPSA) is 94.0 Å². The first-order valence-corrected chi connectivity index (χ1v) is 10.6. The molecule has 0 spiro atoms. The predicted octanol–water partition coefficient (Wildman–Crippen LogP) is 1.85. The van der Waals surface area contributed by atoms with Gasteiger partial charge in [0.2, 0.25) is 0 Å². The number of aryl methyl sites for hydroxylation is 2. The summed E-state index contributed by atoms with van der Waals surface area (Å²) in [6, 6.07) is 17.8. The van der Waals surface area contributed by atoms with Crippen LogP contribution in [0.2, 0.25) is 0 Å². The highest BCUT2D eigenvalue weighted by molar-refractivity contribution is 5.88.